The SMILES string of the molecule is Cc1c(Cl)nnc(NC2CCCC2CO)c1C. The number of nitrogens with one attached hydrogen (secondary N) is 1. The summed E-state index contributed by atoms with van der Waals surface area (Å²) in [5.41, 5.74) is 2.00. The number of nitrogens with zero attached hydrogens (tertiary/aromatic N) is 2. The number of aromatic nitrogens is 2. The number of rotatable bonds is 3. The number of anilines is 1. The fourth-order valence-corrected chi connectivity index (χ4v) is 2.51. The average molecular weight is 256 g/mol. The van der Waals surface area contributed by atoms with Crippen LogP contribution < -0.4 is 5.32 Å². The van der Waals surface area contributed by atoms with Gasteiger partial charge >= 0.3 is 0 Å². The van der Waals surface area contributed by atoms with Gasteiger partial charge in [0, 0.05) is 18.6 Å². The van der Waals surface area contributed by atoms with Crippen molar-refractivity contribution in [1.29, 1.82) is 0 Å². The molecular formula is C12H18ClN3O. The summed E-state index contributed by atoms with van der Waals surface area (Å²) in [6.07, 6.45) is 3.31. The molecule has 0 spiro atoms. The van der Waals surface area contributed by atoms with Crippen molar-refractivity contribution >= 4 is 17.4 Å². The molecule has 17 heavy (non-hydrogen) atoms. The van der Waals surface area contributed by atoms with Gasteiger partial charge < -0.3 is 10.4 Å². The zero-order chi connectivity index (χ0) is 12.4. The van der Waals surface area contributed by atoms with Crippen LogP contribution in [0.3, 0.4) is 0 Å². The molecule has 0 aromatic carbocycles. The van der Waals surface area contributed by atoms with Gasteiger partial charge in [0.05, 0.1) is 0 Å². The average Bonchev–Trinajstić information content (AvgIpc) is 2.77. The van der Waals surface area contributed by atoms with Crippen LogP contribution in [0.15, 0.2) is 0 Å². The summed E-state index contributed by atoms with van der Waals surface area (Å²) in [7, 11) is 0. The molecule has 1 aromatic rings. The van der Waals surface area contributed by atoms with Crippen LogP contribution in [0.25, 0.3) is 0 Å². The third kappa shape index (κ3) is 2.53. The second kappa shape index (κ2) is 5.19. The summed E-state index contributed by atoms with van der Waals surface area (Å²) in [6, 6.07) is 0.300. The van der Waals surface area contributed by atoms with Crippen molar-refractivity contribution < 1.29 is 5.11 Å². The van der Waals surface area contributed by atoms with E-state index in [4.69, 9.17) is 11.6 Å². The number of hydrogen-bond donors (Lipinski definition) is 2. The van der Waals surface area contributed by atoms with Crippen LogP contribution in [0.4, 0.5) is 5.82 Å². The van der Waals surface area contributed by atoms with Crippen molar-refractivity contribution in [2.24, 2.45) is 5.92 Å². The molecule has 1 heterocycles. The number of halogens is 1. The van der Waals surface area contributed by atoms with Crippen molar-refractivity contribution in [2.45, 2.75) is 39.2 Å². The molecule has 1 aromatic heterocycles. The first-order chi connectivity index (χ1) is 8.13. The first-order valence-corrected chi connectivity index (χ1v) is 6.38. The molecule has 1 fully saturated rings. The molecule has 1 aliphatic rings. The second-order valence-electron chi connectivity index (χ2n) is 4.71. The maximum absolute atomic E-state index is 9.29. The van der Waals surface area contributed by atoms with Gasteiger partial charge in [-0.1, -0.05) is 18.0 Å². The molecule has 2 N–H and O–H groups in total. The maximum Gasteiger partial charge on any atom is 0.155 e. The zero-order valence-corrected chi connectivity index (χ0v) is 11.0. The lowest BCUT2D eigenvalue weighted by molar-refractivity contribution is 0.222. The minimum Gasteiger partial charge on any atom is -0.396 e. The Bertz CT molecular complexity index is 411. The van der Waals surface area contributed by atoms with E-state index in [9.17, 15) is 5.11 Å². The molecule has 4 nitrogen and oxygen atoms in total. The van der Waals surface area contributed by atoms with Crippen molar-refractivity contribution in [3.63, 3.8) is 0 Å². The fraction of sp³-hybridized carbons (Fsp3) is 0.667. The molecule has 94 valence electrons. The Morgan fingerprint density at radius 3 is 2.76 bits per heavy atom. The summed E-state index contributed by atoms with van der Waals surface area (Å²) in [4.78, 5) is 0. The molecule has 0 bridgehead atoms. The molecular weight excluding hydrogens is 238 g/mol. The van der Waals surface area contributed by atoms with E-state index in [0.717, 1.165) is 36.2 Å². The molecule has 5 heteroatoms. The van der Waals surface area contributed by atoms with E-state index in [2.05, 4.69) is 15.5 Å². The Kier molecular flexibility index (Phi) is 3.84. The van der Waals surface area contributed by atoms with Crippen LogP contribution in [-0.4, -0.2) is 28.0 Å². The van der Waals surface area contributed by atoms with Gasteiger partial charge in [-0.05, 0) is 37.8 Å². The molecule has 0 aliphatic heterocycles. The van der Waals surface area contributed by atoms with Gasteiger partial charge in [-0.2, -0.15) is 0 Å². The quantitative estimate of drug-likeness (QED) is 0.870. The molecule has 0 radical (unpaired) electrons. The summed E-state index contributed by atoms with van der Waals surface area (Å²) >= 11 is 5.92. The van der Waals surface area contributed by atoms with Gasteiger partial charge in [-0.15, -0.1) is 10.2 Å². The van der Waals surface area contributed by atoms with Crippen molar-refractivity contribution in [2.75, 3.05) is 11.9 Å². The lowest BCUT2D eigenvalue weighted by atomic mass is 10.0. The summed E-state index contributed by atoms with van der Waals surface area (Å²) in [5.74, 6) is 1.12. The van der Waals surface area contributed by atoms with E-state index in [1.165, 1.54) is 0 Å². The molecule has 0 saturated heterocycles. The zero-order valence-electron chi connectivity index (χ0n) is 10.2. The predicted octanol–water partition coefficient (Wildman–Crippen LogP) is 2.32. The van der Waals surface area contributed by atoms with Gasteiger partial charge in [0.2, 0.25) is 0 Å². The van der Waals surface area contributed by atoms with Crippen LogP contribution in [-0.2, 0) is 0 Å². The predicted molar refractivity (Wildman–Crippen MR) is 68.4 cm³/mol. The minimum absolute atomic E-state index is 0.233. The summed E-state index contributed by atoms with van der Waals surface area (Å²) in [5, 5.41) is 21.1. The van der Waals surface area contributed by atoms with E-state index in [0.29, 0.717) is 17.1 Å². The fourth-order valence-electron chi connectivity index (χ4n) is 2.33. The molecule has 2 atom stereocenters. The third-order valence-corrected chi connectivity index (χ3v) is 4.04. The van der Waals surface area contributed by atoms with Crippen molar-refractivity contribution in [1.82, 2.24) is 10.2 Å². The van der Waals surface area contributed by atoms with E-state index in [1.807, 2.05) is 13.8 Å². The monoisotopic (exact) mass is 255 g/mol. The second-order valence-corrected chi connectivity index (χ2v) is 5.07. The third-order valence-electron chi connectivity index (χ3n) is 3.68. The van der Waals surface area contributed by atoms with Crippen LogP contribution in [0, 0.1) is 19.8 Å². The van der Waals surface area contributed by atoms with Gasteiger partial charge in [0.25, 0.3) is 0 Å². The number of aliphatic hydroxyl groups excluding tert-OH is 1. The van der Waals surface area contributed by atoms with Gasteiger partial charge in [0.1, 0.15) is 0 Å². The van der Waals surface area contributed by atoms with Gasteiger partial charge in [-0.3, -0.25) is 0 Å². The molecule has 2 rings (SSSR count). The molecule has 0 amide bonds. The summed E-state index contributed by atoms with van der Waals surface area (Å²) < 4.78 is 0. The van der Waals surface area contributed by atoms with E-state index in [1.54, 1.807) is 0 Å². The lowest BCUT2D eigenvalue weighted by Crippen LogP contribution is -2.27. The van der Waals surface area contributed by atoms with E-state index < -0.39 is 0 Å². The number of hydrogen-bond acceptors (Lipinski definition) is 4. The van der Waals surface area contributed by atoms with Crippen LogP contribution in [0.5, 0.6) is 0 Å². The van der Waals surface area contributed by atoms with Gasteiger partial charge in [0.15, 0.2) is 11.0 Å². The maximum atomic E-state index is 9.29. The highest BCUT2D eigenvalue weighted by Crippen LogP contribution is 2.29. The Balaban J connectivity index is 2.16. The molecule has 1 aliphatic carbocycles. The van der Waals surface area contributed by atoms with Gasteiger partial charge in [-0.25, -0.2) is 0 Å². The van der Waals surface area contributed by atoms with Crippen LogP contribution in [0.1, 0.15) is 30.4 Å². The topological polar surface area (TPSA) is 58.0 Å². The Morgan fingerprint density at radius 1 is 1.29 bits per heavy atom. The number of aliphatic hydroxyl groups is 1. The van der Waals surface area contributed by atoms with E-state index >= 15 is 0 Å². The normalized spacial score (nSPS) is 24.0. The highest BCUT2D eigenvalue weighted by molar-refractivity contribution is 6.30. The first kappa shape index (κ1) is 12.6. The highest BCUT2D eigenvalue weighted by atomic mass is 35.5. The Labute approximate surface area is 106 Å². The molecule has 1 saturated carbocycles. The standard InChI is InChI=1S/C12H18ClN3O/c1-7-8(2)12(16-15-11(7)13)14-10-5-3-4-9(10)6-17/h9-10,17H,3-6H2,1-2H3,(H,14,16). The Hall–Kier alpha value is -0.870. The van der Waals surface area contributed by atoms with E-state index in [-0.39, 0.29) is 6.61 Å². The lowest BCUT2D eigenvalue weighted by Gasteiger charge is -2.20. The van der Waals surface area contributed by atoms with Crippen LogP contribution in [0.2, 0.25) is 5.15 Å². The molecule has 2 unspecified atom stereocenters. The first-order valence-electron chi connectivity index (χ1n) is 6.00. The highest BCUT2D eigenvalue weighted by Gasteiger charge is 2.27. The summed E-state index contributed by atoms with van der Waals surface area (Å²) in [6.45, 7) is 4.16. The minimum atomic E-state index is 0.233. The van der Waals surface area contributed by atoms with Crippen LogP contribution >= 0.6 is 11.6 Å². The van der Waals surface area contributed by atoms with Crippen molar-refractivity contribution in [3.05, 3.63) is 16.3 Å². The Morgan fingerprint density at radius 2 is 2.06 bits per heavy atom. The van der Waals surface area contributed by atoms with Crippen molar-refractivity contribution in [3.8, 4) is 0 Å². The smallest absolute Gasteiger partial charge is 0.155 e. The largest absolute Gasteiger partial charge is 0.396 e.